The lowest BCUT2D eigenvalue weighted by Gasteiger charge is -2.32. The zero-order chi connectivity index (χ0) is 23.5. The highest BCUT2D eigenvalue weighted by Gasteiger charge is 2.35. The zero-order valence-corrected chi connectivity index (χ0v) is 20.3. The first-order chi connectivity index (χ1) is 15.2. The van der Waals surface area contributed by atoms with Gasteiger partial charge in [-0.1, -0.05) is 43.6 Å². The van der Waals surface area contributed by atoms with E-state index in [-0.39, 0.29) is 46.4 Å². The molecule has 6 nitrogen and oxygen atoms in total. The number of nitrogens with one attached hydrogen (secondary N) is 1. The first-order valence-corrected chi connectivity index (χ1v) is 13.2. The van der Waals surface area contributed by atoms with Crippen LogP contribution in [-0.4, -0.2) is 37.9 Å². The smallest absolute Gasteiger partial charge is 0.244 e. The Morgan fingerprint density at radius 3 is 2.59 bits per heavy atom. The summed E-state index contributed by atoms with van der Waals surface area (Å²) in [4.78, 5) is -0.113. The third-order valence-electron chi connectivity index (χ3n) is 6.68. The SMILES string of the molecule is C=C(C)C1CCC(C)=CC1c1c(O)cc(CCCCC)c(S(=O)(=O)NCC2CCO2)c1O. The molecule has 2 aliphatic rings. The maximum atomic E-state index is 13.3. The fourth-order valence-corrected chi connectivity index (χ4v) is 6.13. The van der Waals surface area contributed by atoms with Gasteiger partial charge in [-0.25, -0.2) is 13.1 Å². The predicted octanol–water partition coefficient (Wildman–Crippen LogP) is 4.91. The van der Waals surface area contributed by atoms with E-state index in [2.05, 4.69) is 18.2 Å². The summed E-state index contributed by atoms with van der Waals surface area (Å²) < 4.78 is 34.6. The molecule has 3 atom stereocenters. The van der Waals surface area contributed by atoms with Gasteiger partial charge in [0.15, 0.2) is 0 Å². The van der Waals surface area contributed by atoms with Gasteiger partial charge < -0.3 is 14.9 Å². The summed E-state index contributed by atoms with van der Waals surface area (Å²) >= 11 is 0. The molecule has 0 amide bonds. The Morgan fingerprint density at radius 2 is 2.00 bits per heavy atom. The molecular weight excluding hydrogens is 426 g/mol. The Bertz CT molecular complexity index is 979. The molecule has 178 valence electrons. The molecule has 3 rings (SSSR count). The molecular formula is C25H37NO5S. The van der Waals surface area contributed by atoms with E-state index in [1.54, 1.807) is 0 Å². The van der Waals surface area contributed by atoms with E-state index in [0.29, 0.717) is 18.6 Å². The number of phenolic OH excluding ortho intramolecular Hbond substituents is 2. The van der Waals surface area contributed by atoms with Gasteiger partial charge in [-0.05, 0) is 63.5 Å². The molecule has 0 saturated carbocycles. The molecule has 1 aliphatic heterocycles. The van der Waals surface area contributed by atoms with Crippen LogP contribution in [0.25, 0.3) is 0 Å². The zero-order valence-electron chi connectivity index (χ0n) is 19.5. The van der Waals surface area contributed by atoms with Gasteiger partial charge in [-0.2, -0.15) is 0 Å². The van der Waals surface area contributed by atoms with Gasteiger partial charge in [0.05, 0.1) is 6.10 Å². The summed E-state index contributed by atoms with van der Waals surface area (Å²) in [5, 5.41) is 22.3. The summed E-state index contributed by atoms with van der Waals surface area (Å²) in [5.74, 6) is -0.707. The quantitative estimate of drug-likeness (QED) is 0.338. The maximum absolute atomic E-state index is 13.3. The van der Waals surface area contributed by atoms with Crippen LogP contribution in [0, 0.1) is 5.92 Å². The van der Waals surface area contributed by atoms with Gasteiger partial charge in [0, 0.05) is 24.6 Å². The maximum Gasteiger partial charge on any atom is 0.244 e. The second-order valence-electron chi connectivity index (χ2n) is 9.27. The molecule has 3 N–H and O–H groups in total. The topological polar surface area (TPSA) is 95.9 Å². The van der Waals surface area contributed by atoms with Crippen molar-refractivity contribution < 1.29 is 23.4 Å². The lowest BCUT2D eigenvalue weighted by Crippen LogP contribution is -2.40. The monoisotopic (exact) mass is 463 g/mol. The van der Waals surface area contributed by atoms with E-state index in [9.17, 15) is 18.6 Å². The Kier molecular flexibility index (Phi) is 8.06. The number of benzene rings is 1. The predicted molar refractivity (Wildman–Crippen MR) is 127 cm³/mol. The van der Waals surface area contributed by atoms with Gasteiger partial charge >= 0.3 is 0 Å². The Balaban J connectivity index is 2.09. The van der Waals surface area contributed by atoms with Crippen molar-refractivity contribution in [2.24, 2.45) is 5.92 Å². The molecule has 3 unspecified atom stereocenters. The fraction of sp³-hybridized carbons (Fsp3) is 0.600. The van der Waals surface area contributed by atoms with E-state index >= 15 is 0 Å². The van der Waals surface area contributed by atoms with Crippen molar-refractivity contribution in [3.05, 3.63) is 41.0 Å². The van der Waals surface area contributed by atoms with Crippen LogP contribution >= 0.6 is 0 Å². The minimum absolute atomic E-state index is 0.0216. The fourth-order valence-electron chi connectivity index (χ4n) is 4.71. The first-order valence-electron chi connectivity index (χ1n) is 11.7. The van der Waals surface area contributed by atoms with Gasteiger partial charge in [-0.15, -0.1) is 0 Å². The molecule has 1 aromatic rings. The molecule has 0 spiro atoms. The standard InChI is InChI=1S/C25H37NO5S/c1-5-6-7-8-18-14-22(27)23(21-13-17(4)9-10-20(21)16(2)3)24(28)25(18)32(29,30)26-15-19-11-12-31-19/h13-14,19-21,26-28H,2,5-12,15H2,1,3-4H3. The average molecular weight is 464 g/mol. The van der Waals surface area contributed by atoms with Crippen LogP contribution < -0.4 is 4.72 Å². The summed E-state index contributed by atoms with van der Waals surface area (Å²) in [5.41, 5.74) is 2.83. The number of aryl methyl sites for hydroxylation is 1. The largest absolute Gasteiger partial charge is 0.507 e. The van der Waals surface area contributed by atoms with Crippen LogP contribution in [0.4, 0.5) is 0 Å². The van der Waals surface area contributed by atoms with Gasteiger partial charge in [-0.3, -0.25) is 0 Å². The second-order valence-corrected chi connectivity index (χ2v) is 11.0. The number of unbranched alkanes of at least 4 members (excludes halogenated alkanes) is 2. The Labute approximate surface area is 192 Å². The number of hydrogen-bond acceptors (Lipinski definition) is 5. The van der Waals surface area contributed by atoms with Crippen LogP contribution in [0.5, 0.6) is 11.5 Å². The van der Waals surface area contributed by atoms with Crippen molar-refractivity contribution in [1.82, 2.24) is 4.72 Å². The number of allylic oxidation sites excluding steroid dienone is 3. The normalized spacial score (nSPS) is 23.5. The lowest BCUT2D eigenvalue weighted by atomic mass is 9.73. The lowest BCUT2D eigenvalue weighted by molar-refractivity contribution is -0.0455. The van der Waals surface area contributed by atoms with E-state index in [4.69, 9.17) is 4.74 Å². The molecule has 1 saturated heterocycles. The summed E-state index contributed by atoms with van der Waals surface area (Å²) in [6.07, 6.45) is 7.64. The molecule has 0 radical (unpaired) electrons. The van der Waals surface area contributed by atoms with Crippen molar-refractivity contribution in [2.45, 2.75) is 82.6 Å². The summed E-state index contributed by atoms with van der Waals surface area (Å²) in [6.45, 7) is 10.9. The van der Waals surface area contributed by atoms with Crippen molar-refractivity contribution in [3.63, 3.8) is 0 Å². The van der Waals surface area contributed by atoms with E-state index in [1.807, 2.05) is 19.9 Å². The van der Waals surface area contributed by atoms with Crippen LogP contribution in [-0.2, 0) is 21.2 Å². The minimum atomic E-state index is -3.99. The molecule has 7 heteroatoms. The number of sulfonamides is 1. The summed E-state index contributed by atoms with van der Waals surface area (Å²) in [7, 11) is -3.99. The molecule has 32 heavy (non-hydrogen) atoms. The number of phenols is 2. The van der Waals surface area contributed by atoms with Crippen LogP contribution in [0.2, 0.25) is 0 Å². The number of rotatable bonds is 10. The van der Waals surface area contributed by atoms with Crippen LogP contribution in [0.3, 0.4) is 0 Å². The third kappa shape index (κ3) is 5.38. The second kappa shape index (κ2) is 10.4. The van der Waals surface area contributed by atoms with Crippen LogP contribution in [0.1, 0.15) is 76.3 Å². The number of hydrogen-bond donors (Lipinski definition) is 3. The van der Waals surface area contributed by atoms with E-state index < -0.39 is 10.0 Å². The molecule has 1 aliphatic carbocycles. The number of aromatic hydroxyl groups is 2. The highest BCUT2D eigenvalue weighted by Crippen LogP contribution is 2.49. The van der Waals surface area contributed by atoms with E-state index in [1.165, 1.54) is 6.07 Å². The third-order valence-corrected chi connectivity index (χ3v) is 8.21. The summed E-state index contributed by atoms with van der Waals surface area (Å²) in [6, 6.07) is 1.53. The molecule has 1 aromatic carbocycles. The van der Waals surface area contributed by atoms with Crippen molar-refractivity contribution >= 4 is 10.0 Å². The Hall–Kier alpha value is -1.83. The highest BCUT2D eigenvalue weighted by molar-refractivity contribution is 7.89. The molecule has 1 fully saturated rings. The highest BCUT2D eigenvalue weighted by atomic mass is 32.2. The van der Waals surface area contributed by atoms with Crippen molar-refractivity contribution in [2.75, 3.05) is 13.2 Å². The van der Waals surface area contributed by atoms with Gasteiger partial charge in [0.2, 0.25) is 10.0 Å². The van der Waals surface area contributed by atoms with E-state index in [0.717, 1.165) is 49.7 Å². The molecule has 0 aromatic heterocycles. The molecule has 0 bridgehead atoms. The Morgan fingerprint density at radius 1 is 1.28 bits per heavy atom. The number of ether oxygens (including phenoxy) is 1. The first kappa shape index (κ1) is 24.8. The van der Waals surface area contributed by atoms with Crippen molar-refractivity contribution in [3.8, 4) is 11.5 Å². The minimum Gasteiger partial charge on any atom is -0.507 e. The van der Waals surface area contributed by atoms with Crippen LogP contribution in [0.15, 0.2) is 34.8 Å². The van der Waals surface area contributed by atoms with Gasteiger partial charge in [0.25, 0.3) is 0 Å². The molecule has 1 heterocycles. The van der Waals surface area contributed by atoms with Crippen molar-refractivity contribution in [1.29, 1.82) is 0 Å². The van der Waals surface area contributed by atoms with Gasteiger partial charge in [0.1, 0.15) is 16.4 Å². The average Bonchev–Trinajstić information content (AvgIpc) is 2.66.